The van der Waals surface area contributed by atoms with E-state index in [2.05, 4.69) is 5.32 Å². The third kappa shape index (κ3) is 3.23. The summed E-state index contributed by atoms with van der Waals surface area (Å²) >= 11 is 0. The lowest BCUT2D eigenvalue weighted by atomic mass is 9.98. The van der Waals surface area contributed by atoms with Crippen molar-refractivity contribution in [1.82, 2.24) is 13.9 Å². The van der Waals surface area contributed by atoms with Crippen LogP contribution in [0.3, 0.4) is 0 Å². The molecule has 0 aliphatic carbocycles. The van der Waals surface area contributed by atoms with E-state index < -0.39 is 10.2 Å². The van der Waals surface area contributed by atoms with Gasteiger partial charge in [-0.3, -0.25) is 0 Å². The van der Waals surface area contributed by atoms with Crippen molar-refractivity contribution in [1.29, 1.82) is 0 Å². The third-order valence-electron chi connectivity index (χ3n) is 4.03. The van der Waals surface area contributed by atoms with Crippen molar-refractivity contribution >= 4 is 10.2 Å². The smallest absolute Gasteiger partial charge is 0.281 e. The quantitative estimate of drug-likeness (QED) is 0.819. The van der Waals surface area contributed by atoms with Crippen molar-refractivity contribution in [3.8, 4) is 0 Å². The lowest BCUT2D eigenvalue weighted by molar-refractivity contribution is 0.243. The summed E-state index contributed by atoms with van der Waals surface area (Å²) in [6, 6.07) is 0. The van der Waals surface area contributed by atoms with Crippen LogP contribution in [0.1, 0.15) is 32.1 Å². The topological polar surface area (TPSA) is 52.7 Å². The van der Waals surface area contributed by atoms with Crippen molar-refractivity contribution in [2.45, 2.75) is 32.1 Å². The first kappa shape index (κ1) is 14.2. The highest BCUT2D eigenvalue weighted by Gasteiger charge is 2.33. The molecule has 0 saturated carbocycles. The SMILES string of the molecule is CNCC1CCN(S(=O)(=O)N2CCCCC2)CC1. The Hall–Kier alpha value is -0.170. The van der Waals surface area contributed by atoms with Crippen LogP contribution in [0.5, 0.6) is 0 Å². The average molecular weight is 275 g/mol. The van der Waals surface area contributed by atoms with Gasteiger partial charge in [0, 0.05) is 26.2 Å². The minimum atomic E-state index is -3.18. The summed E-state index contributed by atoms with van der Waals surface area (Å²) < 4.78 is 28.2. The van der Waals surface area contributed by atoms with Gasteiger partial charge < -0.3 is 5.32 Å². The maximum atomic E-state index is 12.4. The fraction of sp³-hybridized carbons (Fsp3) is 1.00. The van der Waals surface area contributed by atoms with Crippen molar-refractivity contribution in [2.24, 2.45) is 5.92 Å². The second kappa shape index (κ2) is 6.32. The molecule has 2 rings (SSSR count). The van der Waals surface area contributed by atoms with E-state index in [0.717, 1.165) is 38.6 Å². The van der Waals surface area contributed by atoms with E-state index in [0.29, 0.717) is 32.1 Å². The van der Waals surface area contributed by atoms with Crippen LogP contribution in [-0.4, -0.2) is 56.8 Å². The standard InChI is InChI=1S/C12H25N3O2S/c1-13-11-12-5-9-15(10-6-12)18(16,17)14-7-3-2-4-8-14/h12-13H,2-11H2,1H3. The maximum Gasteiger partial charge on any atom is 0.281 e. The van der Waals surface area contributed by atoms with Gasteiger partial charge in [-0.05, 0) is 45.2 Å². The van der Waals surface area contributed by atoms with Gasteiger partial charge in [0.1, 0.15) is 0 Å². The minimum absolute atomic E-state index is 0.628. The first-order chi connectivity index (χ1) is 8.64. The van der Waals surface area contributed by atoms with Crippen LogP contribution in [0.15, 0.2) is 0 Å². The molecule has 0 aromatic heterocycles. The molecule has 0 unspecified atom stereocenters. The Bertz CT molecular complexity index is 344. The fourth-order valence-corrected chi connectivity index (χ4v) is 4.61. The van der Waals surface area contributed by atoms with E-state index in [1.165, 1.54) is 0 Å². The largest absolute Gasteiger partial charge is 0.319 e. The number of piperidine rings is 2. The van der Waals surface area contributed by atoms with Gasteiger partial charge >= 0.3 is 0 Å². The number of nitrogens with zero attached hydrogens (tertiary/aromatic N) is 2. The summed E-state index contributed by atoms with van der Waals surface area (Å²) in [5, 5.41) is 3.18. The summed E-state index contributed by atoms with van der Waals surface area (Å²) in [6.07, 6.45) is 5.14. The Morgan fingerprint density at radius 1 is 1.00 bits per heavy atom. The summed E-state index contributed by atoms with van der Waals surface area (Å²) in [6.45, 7) is 3.78. The molecule has 0 spiro atoms. The van der Waals surface area contributed by atoms with Gasteiger partial charge in [-0.2, -0.15) is 17.0 Å². The molecule has 0 atom stereocenters. The van der Waals surface area contributed by atoms with Gasteiger partial charge in [-0.15, -0.1) is 0 Å². The molecule has 2 aliphatic heterocycles. The molecule has 2 aliphatic rings. The lowest BCUT2D eigenvalue weighted by Gasteiger charge is -2.36. The molecule has 0 radical (unpaired) electrons. The minimum Gasteiger partial charge on any atom is -0.319 e. The molecule has 6 heteroatoms. The normalized spacial score (nSPS) is 25.4. The van der Waals surface area contributed by atoms with E-state index in [-0.39, 0.29) is 0 Å². The lowest BCUT2D eigenvalue weighted by Crippen LogP contribution is -2.49. The van der Waals surface area contributed by atoms with Gasteiger partial charge in [0.05, 0.1) is 0 Å². The maximum absolute atomic E-state index is 12.4. The highest BCUT2D eigenvalue weighted by atomic mass is 32.2. The molecule has 0 amide bonds. The summed E-state index contributed by atoms with van der Waals surface area (Å²) in [5.41, 5.74) is 0. The molecule has 0 aromatic rings. The molecule has 18 heavy (non-hydrogen) atoms. The highest BCUT2D eigenvalue weighted by Crippen LogP contribution is 2.22. The predicted molar refractivity (Wildman–Crippen MR) is 72.6 cm³/mol. The Labute approximate surface area is 111 Å². The van der Waals surface area contributed by atoms with Crippen LogP contribution in [0, 0.1) is 5.92 Å². The summed E-state index contributed by atoms with van der Waals surface area (Å²) in [7, 11) is -1.22. The van der Waals surface area contributed by atoms with Crippen LogP contribution < -0.4 is 5.32 Å². The average Bonchev–Trinajstić information content (AvgIpc) is 2.41. The first-order valence-electron chi connectivity index (χ1n) is 7.04. The zero-order valence-corrected chi connectivity index (χ0v) is 12.1. The Morgan fingerprint density at radius 2 is 1.56 bits per heavy atom. The van der Waals surface area contributed by atoms with Crippen molar-refractivity contribution < 1.29 is 8.42 Å². The summed E-state index contributed by atoms with van der Waals surface area (Å²) in [5.74, 6) is 0.628. The van der Waals surface area contributed by atoms with E-state index in [1.807, 2.05) is 7.05 Å². The van der Waals surface area contributed by atoms with Gasteiger partial charge in [0.2, 0.25) is 0 Å². The molecular formula is C12H25N3O2S. The second-order valence-corrected chi connectivity index (χ2v) is 7.30. The first-order valence-corrected chi connectivity index (χ1v) is 8.44. The third-order valence-corrected chi connectivity index (χ3v) is 6.07. The van der Waals surface area contributed by atoms with E-state index in [4.69, 9.17) is 0 Å². The number of rotatable bonds is 4. The van der Waals surface area contributed by atoms with Gasteiger partial charge in [-0.25, -0.2) is 0 Å². The van der Waals surface area contributed by atoms with Gasteiger partial charge in [0.25, 0.3) is 10.2 Å². The number of hydrogen-bond donors (Lipinski definition) is 1. The molecule has 2 saturated heterocycles. The molecule has 106 valence electrons. The van der Waals surface area contributed by atoms with Crippen LogP contribution >= 0.6 is 0 Å². The number of hydrogen-bond acceptors (Lipinski definition) is 3. The van der Waals surface area contributed by atoms with Crippen molar-refractivity contribution in [3.63, 3.8) is 0 Å². The predicted octanol–water partition coefficient (Wildman–Crippen LogP) is 0.649. The highest BCUT2D eigenvalue weighted by molar-refractivity contribution is 7.86. The molecule has 0 bridgehead atoms. The Morgan fingerprint density at radius 3 is 2.11 bits per heavy atom. The van der Waals surface area contributed by atoms with Crippen LogP contribution in [0.25, 0.3) is 0 Å². The van der Waals surface area contributed by atoms with E-state index >= 15 is 0 Å². The van der Waals surface area contributed by atoms with Crippen molar-refractivity contribution in [3.05, 3.63) is 0 Å². The zero-order chi connectivity index (χ0) is 13.0. The van der Waals surface area contributed by atoms with E-state index in [1.54, 1.807) is 8.61 Å². The van der Waals surface area contributed by atoms with Crippen LogP contribution in [0.4, 0.5) is 0 Å². The monoisotopic (exact) mass is 275 g/mol. The van der Waals surface area contributed by atoms with Crippen molar-refractivity contribution in [2.75, 3.05) is 39.8 Å². The van der Waals surface area contributed by atoms with Crippen LogP contribution in [0.2, 0.25) is 0 Å². The fourth-order valence-electron chi connectivity index (χ4n) is 2.89. The number of nitrogens with one attached hydrogen (secondary N) is 1. The Balaban J connectivity index is 1.91. The molecule has 2 fully saturated rings. The van der Waals surface area contributed by atoms with Crippen LogP contribution in [-0.2, 0) is 10.2 Å². The zero-order valence-electron chi connectivity index (χ0n) is 11.3. The molecule has 5 nitrogen and oxygen atoms in total. The molecule has 0 aromatic carbocycles. The van der Waals surface area contributed by atoms with Gasteiger partial charge in [0.15, 0.2) is 0 Å². The molecule has 1 N–H and O–H groups in total. The van der Waals surface area contributed by atoms with Gasteiger partial charge in [-0.1, -0.05) is 6.42 Å². The Kier molecular flexibility index (Phi) is 5.00. The summed E-state index contributed by atoms with van der Waals surface area (Å²) in [4.78, 5) is 0. The van der Waals surface area contributed by atoms with E-state index in [9.17, 15) is 8.42 Å². The molecule has 2 heterocycles. The molecular weight excluding hydrogens is 250 g/mol. The second-order valence-electron chi connectivity index (χ2n) is 5.37.